The molecule has 0 bridgehead atoms. The van der Waals surface area contributed by atoms with Gasteiger partial charge in [-0.2, -0.15) is 0 Å². The Morgan fingerprint density at radius 1 is 1.37 bits per heavy atom. The van der Waals surface area contributed by atoms with Gasteiger partial charge in [0.15, 0.2) is 6.10 Å². The SMILES string of the molecule is C=CCOc1ccc(C(=O)NCC(O)C(=O)O)cc1. The molecule has 0 spiro atoms. The number of hydrogen-bond donors (Lipinski definition) is 3. The van der Waals surface area contributed by atoms with E-state index in [4.69, 9.17) is 14.9 Å². The van der Waals surface area contributed by atoms with Crippen molar-refractivity contribution in [2.45, 2.75) is 6.10 Å². The summed E-state index contributed by atoms with van der Waals surface area (Å²) in [6, 6.07) is 6.32. The molecule has 102 valence electrons. The molecule has 6 heteroatoms. The molecule has 0 radical (unpaired) electrons. The van der Waals surface area contributed by atoms with E-state index in [1.54, 1.807) is 30.3 Å². The number of carboxylic acid groups (broad SMARTS) is 1. The Morgan fingerprint density at radius 3 is 2.53 bits per heavy atom. The summed E-state index contributed by atoms with van der Waals surface area (Å²) in [7, 11) is 0. The maximum Gasteiger partial charge on any atom is 0.334 e. The minimum atomic E-state index is -1.61. The predicted octanol–water partition coefficient (Wildman–Crippen LogP) is 0.427. The van der Waals surface area contributed by atoms with E-state index in [2.05, 4.69) is 11.9 Å². The van der Waals surface area contributed by atoms with E-state index in [9.17, 15) is 9.59 Å². The number of aliphatic carboxylic acids is 1. The molecule has 0 aliphatic heterocycles. The van der Waals surface area contributed by atoms with E-state index >= 15 is 0 Å². The van der Waals surface area contributed by atoms with Crippen LogP contribution in [0.5, 0.6) is 5.75 Å². The average Bonchev–Trinajstić information content (AvgIpc) is 2.42. The van der Waals surface area contributed by atoms with Crippen molar-refractivity contribution in [3.05, 3.63) is 42.5 Å². The molecular formula is C13H15NO5. The molecule has 6 nitrogen and oxygen atoms in total. The van der Waals surface area contributed by atoms with Crippen LogP contribution in [0.2, 0.25) is 0 Å². The maximum atomic E-state index is 11.6. The van der Waals surface area contributed by atoms with Gasteiger partial charge in [-0.3, -0.25) is 4.79 Å². The van der Waals surface area contributed by atoms with Gasteiger partial charge in [-0.05, 0) is 24.3 Å². The first-order valence-electron chi connectivity index (χ1n) is 5.57. The normalized spacial score (nSPS) is 11.4. The largest absolute Gasteiger partial charge is 0.490 e. The number of carbonyl (C=O) groups excluding carboxylic acids is 1. The Kier molecular flexibility index (Phi) is 5.56. The first kappa shape index (κ1) is 14.7. The van der Waals surface area contributed by atoms with Gasteiger partial charge in [0.1, 0.15) is 12.4 Å². The van der Waals surface area contributed by atoms with Gasteiger partial charge in [0.2, 0.25) is 0 Å². The lowest BCUT2D eigenvalue weighted by Crippen LogP contribution is -2.36. The molecule has 0 aromatic heterocycles. The minimum Gasteiger partial charge on any atom is -0.490 e. The fourth-order valence-corrected chi connectivity index (χ4v) is 1.24. The summed E-state index contributed by atoms with van der Waals surface area (Å²) in [5.74, 6) is -1.24. The van der Waals surface area contributed by atoms with Crippen molar-refractivity contribution in [1.29, 1.82) is 0 Å². The number of hydrogen-bond acceptors (Lipinski definition) is 4. The van der Waals surface area contributed by atoms with Crippen molar-refractivity contribution in [3.63, 3.8) is 0 Å². The van der Waals surface area contributed by atoms with Crippen molar-refractivity contribution in [2.24, 2.45) is 0 Å². The van der Waals surface area contributed by atoms with Crippen molar-refractivity contribution < 1.29 is 24.5 Å². The molecule has 0 saturated heterocycles. The summed E-state index contributed by atoms with van der Waals surface area (Å²) >= 11 is 0. The summed E-state index contributed by atoms with van der Waals surface area (Å²) in [6.07, 6.45) is -0.00683. The monoisotopic (exact) mass is 265 g/mol. The highest BCUT2D eigenvalue weighted by Crippen LogP contribution is 2.12. The van der Waals surface area contributed by atoms with Gasteiger partial charge >= 0.3 is 5.97 Å². The second kappa shape index (κ2) is 7.17. The van der Waals surface area contributed by atoms with Crippen LogP contribution < -0.4 is 10.1 Å². The highest BCUT2D eigenvalue weighted by molar-refractivity contribution is 5.94. The molecule has 1 unspecified atom stereocenters. The highest BCUT2D eigenvalue weighted by atomic mass is 16.5. The first-order valence-corrected chi connectivity index (χ1v) is 5.57. The van der Waals surface area contributed by atoms with Crippen molar-refractivity contribution in [2.75, 3.05) is 13.2 Å². The van der Waals surface area contributed by atoms with E-state index in [1.807, 2.05) is 0 Å². The highest BCUT2D eigenvalue weighted by Gasteiger charge is 2.14. The van der Waals surface area contributed by atoms with Crippen molar-refractivity contribution >= 4 is 11.9 Å². The van der Waals surface area contributed by atoms with Crippen molar-refractivity contribution in [1.82, 2.24) is 5.32 Å². The molecule has 3 N–H and O–H groups in total. The molecule has 0 saturated carbocycles. The Labute approximate surface area is 110 Å². The van der Waals surface area contributed by atoms with E-state index in [-0.39, 0.29) is 6.54 Å². The number of carboxylic acids is 1. The third-order valence-corrected chi connectivity index (χ3v) is 2.23. The number of rotatable bonds is 7. The fraction of sp³-hybridized carbons (Fsp3) is 0.231. The number of ether oxygens (including phenoxy) is 1. The van der Waals surface area contributed by atoms with Crippen molar-refractivity contribution in [3.8, 4) is 5.75 Å². The van der Waals surface area contributed by atoms with Crippen LogP contribution in [0.1, 0.15) is 10.4 Å². The van der Waals surface area contributed by atoms with E-state index in [0.29, 0.717) is 17.9 Å². The van der Waals surface area contributed by atoms with Gasteiger partial charge in [0.25, 0.3) is 5.91 Å². The van der Waals surface area contributed by atoms with Crippen LogP contribution in [0.25, 0.3) is 0 Å². The van der Waals surface area contributed by atoms with Crippen LogP contribution in [0.4, 0.5) is 0 Å². The van der Waals surface area contributed by atoms with Gasteiger partial charge < -0.3 is 20.3 Å². The molecule has 0 aliphatic carbocycles. The van der Waals surface area contributed by atoms with E-state index in [1.165, 1.54) is 0 Å². The van der Waals surface area contributed by atoms with Gasteiger partial charge in [0.05, 0.1) is 6.54 Å². The number of aliphatic hydroxyl groups is 1. The zero-order valence-electron chi connectivity index (χ0n) is 10.2. The molecule has 1 amide bonds. The molecule has 0 fully saturated rings. The quantitative estimate of drug-likeness (QED) is 0.621. The first-order chi connectivity index (χ1) is 9.04. The summed E-state index contributed by atoms with van der Waals surface area (Å²) in [4.78, 5) is 22.0. The number of nitrogens with one attached hydrogen (secondary N) is 1. The van der Waals surface area contributed by atoms with Crippen LogP contribution in [0.15, 0.2) is 36.9 Å². The number of amides is 1. The molecule has 1 aromatic carbocycles. The average molecular weight is 265 g/mol. The van der Waals surface area contributed by atoms with Crippen LogP contribution in [0.3, 0.4) is 0 Å². The van der Waals surface area contributed by atoms with Crippen LogP contribution in [0, 0.1) is 0 Å². The third kappa shape index (κ3) is 4.81. The van der Waals surface area contributed by atoms with Crippen LogP contribution in [-0.2, 0) is 4.79 Å². The molecule has 1 aromatic rings. The molecule has 1 rings (SSSR count). The Balaban J connectivity index is 2.53. The summed E-state index contributed by atoms with van der Waals surface area (Å²) in [5, 5.41) is 19.8. The lowest BCUT2D eigenvalue weighted by Gasteiger charge is -2.08. The summed E-state index contributed by atoms with van der Waals surface area (Å²) < 4.78 is 5.25. The fourth-order valence-electron chi connectivity index (χ4n) is 1.24. The number of carbonyl (C=O) groups is 2. The molecule has 0 aliphatic rings. The van der Waals surface area contributed by atoms with Gasteiger partial charge in [-0.25, -0.2) is 4.79 Å². The topological polar surface area (TPSA) is 95.9 Å². The number of aliphatic hydroxyl groups excluding tert-OH is 1. The van der Waals surface area contributed by atoms with Gasteiger partial charge in [0, 0.05) is 5.56 Å². The standard InChI is InChI=1S/C13H15NO5/c1-2-7-19-10-5-3-9(4-6-10)12(16)14-8-11(15)13(17)18/h2-6,11,15H,1,7-8H2,(H,14,16)(H,17,18). The molecular weight excluding hydrogens is 250 g/mol. The van der Waals surface area contributed by atoms with Gasteiger partial charge in [-0.15, -0.1) is 0 Å². The van der Waals surface area contributed by atoms with Crippen LogP contribution >= 0.6 is 0 Å². The zero-order valence-corrected chi connectivity index (χ0v) is 10.2. The predicted molar refractivity (Wildman–Crippen MR) is 68.1 cm³/mol. The maximum absolute atomic E-state index is 11.6. The van der Waals surface area contributed by atoms with E-state index in [0.717, 1.165) is 0 Å². The third-order valence-electron chi connectivity index (χ3n) is 2.23. The molecule has 0 heterocycles. The second-order valence-corrected chi connectivity index (χ2v) is 3.69. The smallest absolute Gasteiger partial charge is 0.334 e. The minimum absolute atomic E-state index is 0.344. The summed E-state index contributed by atoms with van der Waals surface area (Å²) in [6.45, 7) is 3.54. The lowest BCUT2D eigenvalue weighted by atomic mass is 10.2. The molecule has 1 atom stereocenters. The van der Waals surface area contributed by atoms with Gasteiger partial charge in [-0.1, -0.05) is 12.7 Å². The zero-order chi connectivity index (χ0) is 14.3. The van der Waals surface area contributed by atoms with Crippen LogP contribution in [-0.4, -0.2) is 41.3 Å². The Hall–Kier alpha value is -2.34. The Morgan fingerprint density at radius 2 is 2.00 bits per heavy atom. The summed E-state index contributed by atoms with van der Waals surface area (Å²) in [5.41, 5.74) is 0.351. The molecule has 19 heavy (non-hydrogen) atoms. The number of benzene rings is 1. The second-order valence-electron chi connectivity index (χ2n) is 3.69. The lowest BCUT2D eigenvalue weighted by molar-refractivity contribution is -0.146. The van der Waals surface area contributed by atoms with E-state index < -0.39 is 18.0 Å². The Bertz CT molecular complexity index is 455.